The van der Waals surface area contributed by atoms with Crippen LogP contribution < -0.4 is 10.6 Å². The molecule has 0 radical (unpaired) electrons. The highest BCUT2D eigenvalue weighted by molar-refractivity contribution is 5.89. The zero-order valence-corrected chi connectivity index (χ0v) is 15.9. The van der Waals surface area contributed by atoms with E-state index in [2.05, 4.69) is 10.6 Å². The van der Waals surface area contributed by atoms with Crippen molar-refractivity contribution in [1.29, 1.82) is 0 Å². The van der Waals surface area contributed by atoms with Gasteiger partial charge in [-0.3, -0.25) is 9.59 Å². The van der Waals surface area contributed by atoms with Gasteiger partial charge >= 0.3 is 0 Å². The van der Waals surface area contributed by atoms with E-state index in [0.717, 1.165) is 12.8 Å². The number of hydrogen-bond acceptors (Lipinski definition) is 6. The number of rotatable bonds is 7. The Morgan fingerprint density at radius 3 is 2.50 bits per heavy atom. The Bertz CT molecular complexity index is 502. The van der Waals surface area contributed by atoms with E-state index in [1.54, 1.807) is 6.08 Å². The first-order valence-electron chi connectivity index (χ1n) is 8.91. The molecule has 8 heteroatoms. The maximum atomic E-state index is 12.4. The quantitative estimate of drug-likeness (QED) is 0.382. The van der Waals surface area contributed by atoms with Crippen molar-refractivity contribution in [3.05, 3.63) is 12.2 Å². The highest BCUT2D eigenvalue weighted by Gasteiger charge is 2.37. The lowest BCUT2D eigenvalue weighted by Crippen LogP contribution is -2.55. The molecule has 1 aliphatic heterocycles. The van der Waals surface area contributed by atoms with Crippen molar-refractivity contribution in [2.75, 3.05) is 13.7 Å². The lowest BCUT2D eigenvalue weighted by Gasteiger charge is -2.28. The van der Waals surface area contributed by atoms with Gasteiger partial charge in [0.1, 0.15) is 24.4 Å². The highest BCUT2D eigenvalue weighted by Crippen LogP contribution is 2.17. The molecule has 150 valence electrons. The molecule has 1 rings (SSSR count). The maximum absolute atomic E-state index is 12.4. The standard InChI is InChI=1S/C18H32N2O6/c1-18(2,3)9-8-12(21)13(22)14(23)15(26-4)17(25)20-11-7-5-6-10-19-16(11)24/h8-9,11-15,21-23H,5-7,10H2,1-4H3,(H,19,24)(H,20,25)/t11-,12+,13-,14+,15+/m0/s1. The molecule has 0 spiro atoms. The molecular weight excluding hydrogens is 340 g/mol. The number of methoxy groups -OCH3 is 1. The number of hydrogen-bond donors (Lipinski definition) is 5. The van der Waals surface area contributed by atoms with Crippen LogP contribution in [0.1, 0.15) is 40.0 Å². The Morgan fingerprint density at radius 1 is 1.27 bits per heavy atom. The van der Waals surface area contributed by atoms with Gasteiger partial charge in [-0.1, -0.05) is 32.9 Å². The first kappa shape index (κ1) is 22.6. The monoisotopic (exact) mass is 372 g/mol. The molecule has 26 heavy (non-hydrogen) atoms. The van der Waals surface area contributed by atoms with Gasteiger partial charge in [0.15, 0.2) is 6.10 Å². The molecule has 2 amide bonds. The van der Waals surface area contributed by atoms with Crippen LogP contribution in [0.4, 0.5) is 0 Å². The van der Waals surface area contributed by atoms with Crippen LogP contribution in [0.2, 0.25) is 0 Å². The predicted octanol–water partition coefficient (Wildman–Crippen LogP) is -0.529. The number of carbonyl (C=O) groups is 2. The fraction of sp³-hybridized carbons (Fsp3) is 0.778. The van der Waals surface area contributed by atoms with E-state index in [-0.39, 0.29) is 11.3 Å². The van der Waals surface area contributed by atoms with E-state index in [1.807, 2.05) is 20.8 Å². The lowest BCUT2D eigenvalue weighted by molar-refractivity contribution is -0.150. The molecule has 0 aromatic rings. The largest absolute Gasteiger partial charge is 0.387 e. The van der Waals surface area contributed by atoms with Gasteiger partial charge in [0, 0.05) is 13.7 Å². The van der Waals surface area contributed by atoms with Gasteiger partial charge in [-0.25, -0.2) is 0 Å². The van der Waals surface area contributed by atoms with E-state index in [0.29, 0.717) is 13.0 Å². The molecule has 0 unspecified atom stereocenters. The predicted molar refractivity (Wildman–Crippen MR) is 96.2 cm³/mol. The Hall–Kier alpha value is -1.48. The van der Waals surface area contributed by atoms with Crippen LogP contribution in [-0.4, -0.2) is 71.2 Å². The number of allylic oxidation sites excluding steroid dienone is 1. The van der Waals surface area contributed by atoms with Gasteiger partial charge < -0.3 is 30.7 Å². The third-order valence-corrected chi connectivity index (χ3v) is 4.17. The number of ether oxygens (including phenoxy) is 1. The van der Waals surface area contributed by atoms with Gasteiger partial charge in [-0.15, -0.1) is 0 Å². The number of aliphatic hydroxyl groups excluding tert-OH is 3. The molecule has 1 fully saturated rings. The summed E-state index contributed by atoms with van der Waals surface area (Å²) in [7, 11) is 1.21. The first-order chi connectivity index (χ1) is 12.1. The average molecular weight is 372 g/mol. The van der Waals surface area contributed by atoms with Crippen molar-refractivity contribution in [3.63, 3.8) is 0 Å². The Kier molecular flexibility index (Phi) is 8.69. The molecule has 1 heterocycles. The topological polar surface area (TPSA) is 128 Å². The fourth-order valence-electron chi connectivity index (χ4n) is 2.61. The second-order valence-corrected chi connectivity index (χ2v) is 7.70. The fourth-order valence-corrected chi connectivity index (χ4v) is 2.61. The van der Waals surface area contributed by atoms with E-state index in [1.165, 1.54) is 13.2 Å². The third kappa shape index (κ3) is 7.03. The van der Waals surface area contributed by atoms with Gasteiger partial charge in [-0.2, -0.15) is 0 Å². The van der Waals surface area contributed by atoms with Crippen molar-refractivity contribution in [1.82, 2.24) is 10.6 Å². The lowest BCUT2D eigenvalue weighted by atomic mass is 9.94. The van der Waals surface area contributed by atoms with Gasteiger partial charge in [0.05, 0.1) is 0 Å². The average Bonchev–Trinajstić information content (AvgIpc) is 2.76. The summed E-state index contributed by atoms with van der Waals surface area (Å²) in [6.45, 7) is 6.32. The molecule has 0 aliphatic carbocycles. The van der Waals surface area contributed by atoms with Crippen LogP contribution >= 0.6 is 0 Å². The Balaban J connectivity index is 2.73. The molecule has 0 bridgehead atoms. The van der Waals surface area contributed by atoms with Gasteiger partial charge in [0.25, 0.3) is 5.91 Å². The Morgan fingerprint density at radius 2 is 1.92 bits per heavy atom. The number of aliphatic hydroxyl groups is 3. The summed E-state index contributed by atoms with van der Waals surface area (Å²) in [5, 5.41) is 35.7. The van der Waals surface area contributed by atoms with Gasteiger partial charge in [0.2, 0.25) is 5.91 Å². The molecule has 5 N–H and O–H groups in total. The number of carbonyl (C=O) groups excluding carboxylic acids is 2. The summed E-state index contributed by atoms with van der Waals surface area (Å²) in [4.78, 5) is 24.3. The van der Waals surface area contributed by atoms with Crippen molar-refractivity contribution in [2.24, 2.45) is 5.41 Å². The minimum atomic E-state index is -1.66. The molecule has 8 nitrogen and oxygen atoms in total. The van der Waals surface area contributed by atoms with Crippen molar-refractivity contribution < 1.29 is 29.6 Å². The highest BCUT2D eigenvalue weighted by atomic mass is 16.5. The summed E-state index contributed by atoms with van der Waals surface area (Å²) < 4.78 is 5.01. The second kappa shape index (κ2) is 10.0. The normalized spacial score (nSPS) is 23.7. The maximum Gasteiger partial charge on any atom is 0.252 e. The van der Waals surface area contributed by atoms with E-state index in [4.69, 9.17) is 4.74 Å². The minimum Gasteiger partial charge on any atom is -0.387 e. The molecule has 0 saturated carbocycles. The molecule has 1 aliphatic rings. The van der Waals surface area contributed by atoms with Crippen LogP contribution in [0.25, 0.3) is 0 Å². The first-order valence-corrected chi connectivity index (χ1v) is 8.91. The van der Waals surface area contributed by atoms with Gasteiger partial charge in [-0.05, 0) is 24.7 Å². The molecule has 5 atom stereocenters. The molecular formula is C18H32N2O6. The summed E-state index contributed by atoms with van der Waals surface area (Å²) in [5.74, 6) is -0.998. The van der Waals surface area contributed by atoms with E-state index < -0.39 is 36.4 Å². The zero-order valence-electron chi connectivity index (χ0n) is 15.9. The van der Waals surface area contributed by atoms with Crippen LogP contribution in [-0.2, 0) is 14.3 Å². The third-order valence-electron chi connectivity index (χ3n) is 4.17. The van der Waals surface area contributed by atoms with Crippen LogP contribution in [0.5, 0.6) is 0 Å². The van der Waals surface area contributed by atoms with E-state index in [9.17, 15) is 24.9 Å². The van der Waals surface area contributed by atoms with E-state index >= 15 is 0 Å². The number of amides is 2. The summed E-state index contributed by atoms with van der Waals surface area (Å²) in [6, 6.07) is -0.710. The molecule has 0 aromatic heterocycles. The Labute approximate surface area is 154 Å². The number of nitrogens with one attached hydrogen (secondary N) is 2. The van der Waals surface area contributed by atoms with Crippen LogP contribution in [0, 0.1) is 5.41 Å². The smallest absolute Gasteiger partial charge is 0.252 e. The zero-order chi connectivity index (χ0) is 19.9. The van der Waals surface area contributed by atoms with Crippen LogP contribution in [0.3, 0.4) is 0 Å². The van der Waals surface area contributed by atoms with Crippen molar-refractivity contribution >= 4 is 11.8 Å². The summed E-state index contributed by atoms with van der Waals surface area (Å²) in [5.41, 5.74) is -0.212. The van der Waals surface area contributed by atoms with Crippen molar-refractivity contribution in [2.45, 2.75) is 70.5 Å². The van der Waals surface area contributed by atoms with Crippen LogP contribution in [0.15, 0.2) is 12.2 Å². The SMILES string of the molecule is CO[C@@H](C(=O)N[C@H]1CCCCNC1=O)[C@H](O)[C@@H](O)[C@H](O)C=CC(C)(C)C. The summed E-state index contributed by atoms with van der Waals surface area (Å²) in [6.07, 6.45) is -0.885. The minimum absolute atomic E-state index is 0.212. The van der Waals surface area contributed by atoms with Crippen molar-refractivity contribution in [3.8, 4) is 0 Å². The molecule has 1 saturated heterocycles. The summed E-state index contributed by atoms with van der Waals surface area (Å²) >= 11 is 0. The molecule has 0 aromatic carbocycles. The second-order valence-electron chi connectivity index (χ2n) is 7.70.